The number of benzene rings is 1. The molecule has 0 aliphatic carbocycles. The number of hydrogen-bond acceptors (Lipinski definition) is 3. The molecule has 3 heteroatoms. The normalized spacial score (nSPS) is 21.1. The third-order valence-corrected chi connectivity index (χ3v) is 4.06. The van der Waals surface area contributed by atoms with Gasteiger partial charge in [-0.15, -0.1) is 0 Å². The molecule has 3 nitrogen and oxygen atoms in total. The Morgan fingerprint density at radius 1 is 1.47 bits per heavy atom. The van der Waals surface area contributed by atoms with Gasteiger partial charge in [0, 0.05) is 37.3 Å². The maximum absolute atomic E-state index is 6.06. The molecular weight excluding hydrogens is 236 g/mol. The van der Waals surface area contributed by atoms with Crippen molar-refractivity contribution in [2.75, 3.05) is 31.2 Å². The Kier molecular flexibility index (Phi) is 5.23. The maximum Gasteiger partial charge on any atom is 0.0514 e. The van der Waals surface area contributed by atoms with E-state index in [-0.39, 0.29) is 0 Å². The van der Waals surface area contributed by atoms with Crippen LogP contribution in [0.3, 0.4) is 0 Å². The molecule has 1 aliphatic rings. The third-order valence-electron chi connectivity index (χ3n) is 4.06. The van der Waals surface area contributed by atoms with E-state index in [1.807, 2.05) is 0 Å². The Morgan fingerprint density at radius 2 is 2.32 bits per heavy atom. The molecule has 1 heterocycles. The van der Waals surface area contributed by atoms with Gasteiger partial charge in [0.15, 0.2) is 0 Å². The van der Waals surface area contributed by atoms with Crippen LogP contribution >= 0.6 is 0 Å². The van der Waals surface area contributed by atoms with Crippen molar-refractivity contribution >= 4 is 5.69 Å². The number of nitrogens with two attached hydrogens (primary N) is 1. The molecule has 1 aliphatic heterocycles. The standard InChI is InChI=1S/C16H26N2O/c1-3-18(15-8-4-6-13(2)10-15)16(11-17)14-7-5-9-19-12-14/h4,6,8,10,14,16H,3,5,7,9,11-12,17H2,1-2H3. The number of rotatable bonds is 5. The van der Waals surface area contributed by atoms with E-state index in [4.69, 9.17) is 10.5 Å². The fourth-order valence-electron chi connectivity index (χ4n) is 3.06. The summed E-state index contributed by atoms with van der Waals surface area (Å²) >= 11 is 0. The minimum absolute atomic E-state index is 0.382. The summed E-state index contributed by atoms with van der Waals surface area (Å²) in [6, 6.07) is 9.07. The quantitative estimate of drug-likeness (QED) is 0.886. The minimum Gasteiger partial charge on any atom is -0.381 e. The Morgan fingerprint density at radius 3 is 2.89 bits per heavy atom. The lowest BCUT2D eigenvalue weighted by molar-refractivity contribution is 0.0448. The van der Waals surface area contributed by atoms with E-state index in [9.17, 15) is 0 Å². The summed E-state index contributed by atoms with van der Waals surface area (Å²) in [5.41, 5.74) is 8.64. The highest BCUT2D eigenvalue weighted by atomic mass is 16.5. The molecule has 0 amide bonds. The SMILES string of the molecule is CCN(c1cccc(C)c1)C(CN)C1CCCOC1. The number of likely N-dealkylation sites (N-methyl/N-ethyl adjacent to an activating group) is 1. The summed E-state index contributed by atoms with van der Waals surface area (Å²) in [6.07, 6.45) is 2.39. The fourth-order valence-corrected chi connectivity index (χ4v) is 3.06. The van der Waals surface area contributed by atoms with Crippen molar-refractivity contribution in [3.8, 4) is 0 Å². The summed E-state index contributed by atoms with van der Waals surface area (Å²) in [5.74, 6) is 0.555. The van der Waals surface area contributed by atoms with Crippen molar-refractivity contribution in [3.05, 3.63) is 29.8 Å². The second kappa shape index (κ2) is 6.92. The van der Waals surface area contributed by atoms with Crippen molar-refractivity contribution in [1.29, 1.82) is 0 Å². The number of anilines is 1. The molecule has 2 atom stereocenters. The highest BCUT2D eigenvalue weighted by Gasteiger charge is 2.27. The second-order valence-corrected chi connectivity index (χ2v) is 5.41. The predicted molar refractivity (Wildman–Crippen MR) is 80.6 cm³/mol. The van der Waals surface area contributed by atoms with Crippen LogP contribution in [0.5, 0.6) is 0 Å². The van der Waals surface area contributed by atoms with Gasteiger partial charge in [-0.1, -0.05) is 12.1 Å². The zero-order valence-corrected chi connectivity index (χ0v) is 12.1. The lowest BCUT2D eigenvalue weighted by Gasteiger charge is -2.39. The lowest BCUT2D eigenvalue weighted by atomic mass is 9.92. The van der Waals surface area contributed by atoms with Crippen molar-refractivity contribution in [3.63, 3.8) is 0 Å². The summed E-state index contributed by atoms with van der Waals surface area (Å²) < 4.78 is 5.64. The minimum atomic E-state index is 0.382. The third kappa shape index (κ3) is 3.48. The average Bonchev–Trinajstić information content (AvgIpc) is 2.45. The van der Waals surface area contributed by atoms with E-state index in [0.717, 1.165) is 26.2 Å². The first-order valence-electron chi connectivity index (χ1n) is 7.37. The first-order valence-corrected chi connectivity index (χ1v) is 7.37. The molecule has 0 aromatic heterocycles. The largest absolute Gasteiger partial charge is 0.381 e. The highest BCUT2D eigenvalue weighted by Crippen LogP contribution is 2.26. The van der Waals surface area contributed by atoms with Gasteiger partial charge in [0.05, 0.1) is 6.61 Å². The Balaban J connectivity index is 2.17. The van der Waals surface area contributed by atoms with E-state index < -0.39 is 0 Å². The van der Waals surface area contributed by atoms with Crippen LogP contribution in [-0.4, -0.2) is 32.3 Å². The van der Waals surface area contributed by atoms with Crippen LogP contribution in [0.2, 0.25) is 0 Å². The van der Waals surface area contributed by atoms with Gasteiger partial charge in [-0.2, -0.15) is 0 Å². The van der Waals surface area contributed by atoms with Gasteiger partial charge in [-0.05, 0) is 44.4 Å². The highest BCUT2D eigenvalue weighted by molar-refractivity contribution is 5.49. The van der Waals surface area contributed by atoms with Crippen LogP contribution in [0, 0.1) is 12.8 Å². The number of aryl methyl sites for hydroxylation is 1. The summed E-state index contributed by atoms with van der Waals surface area (Å²) in [5, 5.41) is 0. The van der Waals surface area contributed by atoms with Gasteiger partial charge in [0.1, 0.15) is 0 Å². The monoisotopic (exact) mass is 262 g/mol. The van der Waals surface area contributed by atoms with E-state index in [0.29, 0.717) is 18.5 Å². The molecule has 0 bridgehead atoms. The van der Waals surface area contributed by atoms with Gasteiger partial charge in [-0.25, -0.2) is 0 Å². The first-order chi connectivity index (χ1) is 9.26. The van der Waals surface area contributed by atoms with E-state index >= 15 is 0 Å². The van der Waals surface area contributed by atoms with Gasteiger partial charge < -0.3 is 15.4 Å². The van der Waals surface area contributed by atoms with Crippen LogP contribution < -0.4 is 10.6 Å². The molecule has 0 spiro atoms. The van der Waals surface area contributed by atoms with E-state index in [1.54, 1.807) is 0 Å². The summed E-state index contributed by atoms with van der Waals surface area (Å²) in [7, 11) is 0. The Bertz CT molecular complexity index is 388. The number of hydrogen-bond donors (Lipinski definition) is 1. The van der Waals surface area contributed by atoms with Gasteiger partial charge >= 0.3 is 0 Å². The molecule has 19 heavy (non-hydrogen) atoms. The van der Waals surface area contributed by atoms with Crippen LogP contribution in [-0.2, 0) is 4.74 Å². The van der Waals surface area contributed by atoms with Crippen LogP contribution in [0.1, 0.15) is 25.3 Å². The molecule has 106 valence electrons. The molecule has 2 N–H and O–H groups in total. The molecular formula is C16H26N2O. The molecule has 0 saturated carbocycles. The second-order valence-electron chi connectivity index (χ2n) is 5.41. The van der Waals surface area contributed by atoms with Gasteiger partial charge in [-0.3, -0.25) is 0 Å². The average molecular weight is 262 g/mol. The van der Waals surface area contributed by atoms with E-state index in [2.05, 4.69) is 43.0 Å². The summed E-state index contributed by atoms with van der Waals surface area (Å²) in [4.78, 5) is 2.44. The molecule has 2 rings (SSSR count). The molecule has 1 aromatic rings. The molecule has 1 aromatic carbocycles. The number of nitrogens with zero attached hydrogens (tertiary/aromatic N) is 1. The van der Waals surface area contributed by atoms with Crippen molar-refractivity contribution in [2.45, 2.75) is 32.7 Å². The maximum atomic E-state index is 6.06. The smallest absolute Gasteiger partial charge is 0.0514 e. The summed E-state index contributed by atoms with van der Waals surface area (Å²) in [6.45, 7) is 7.78. The Hall–Kier alpha value is -1.06. The van der Waals surface area contributed by atoms with Crippen LogP contribution in [0.25, 0.3) is 0 Å². The van der Waals surface area contributed by atoms with Crippen LogP contribution in [0.15, 0.2) is 24.3 Å². The zero-order chi connectivity index (χ0) is 13.7. The van der Waals surface area contributed by atoms with Gasteiger partial charge in [0.25, 0.3) is 0 Å². The zero-order valence-electron chi connectivity index (χ0n) is 12.1. The first kappa shape index (κ1) is 14.4. The molecule has 2 unspecified atom stereocenters. The van der Waals surface area contributed by atoms with E-state index in [1.165, 1.54) is 17.7 Å². The molecule has 1 saturated heterocycles. The molecule has 0 radical (unpaired) electrons. The van der Waals surface area contributed by atoms with Gasteiger partial charge in [0.2, 0.25) is 0 Å². The van der Waals surface area contributed by atoms with Crippen molar-refractivity contribution < 1.29 is 4.74 Å². The topological polar surface area (TPSA) is 38.5 Å². The molecule has 1 fully saturated rings. The lowest BCUT2D eigenvalue weighted by Crippen LogP contribution is -2.48. The van der Waals surface area contributed by atoms with Crippen molar-refractivity contribution in [2.24, 2.45) is 11.7 Å². The predicted octanol–water partition coefficient (Wildman–Crippen LogP) is 2.58. The Labute approximate surface area is 116 Å². The van der Waals surface area contributed by atoms with Crippen molar-refractivity contribution in [1.82, 2.24) is 0 Å². The fraction of sp³-hybridized carbons (Fsp3) is 0.625. The number of ether oxygens (including phenoxy) is 1. The van der Waals surface area contributed by atoms with Crippen LogP contribution in [0.4, 0.5) is 5.69 Å².